The molecule has 0 aliphatic carbocycles. The maximum Gasteiger partial charge on any atom is 0.140 e. The Morgan fingerprint density at radius 1 is 1.28 bits per heavy atom. The van der Waals surface area contributed by atoms with Gasteiger partial charge in [0.2, 0.25) is 0 Å². The highest BCUT2D eigenvalue weighted by Crippen LogP contribution is 2.34. The predicted octanol–water partition coefficient (Wildman–Crippen LogP) is 4.04. The monoisotopic (exact) mass is 282 g/mol. The summed E-state index contributed by atoms with van der Waals surface area (Å²) in [5.74, 6) is -1.35. The summed E-state index contributed by atoms with van der Waals surface area (Å²) in [4.78, 5) is 4.16. The first kappa shape index (κ1) is 12.8. The molecule has 1 aromatic heterocycles. The molecule has 2 aromatic rings. The van der Waals surface area contributed by atoms with Crippen LogP contribution in [0.1, 0.15) is 5.56 Å². The third-order valence-electron chi connectivity index (χ3n) is 2.08. The average molecular weight is 283 g/mol. The van der Waals surface area contributed by atoms with E-state index in [0.717, 1.165) is 23.9 Å². The fraction of sp³-hybridized carbons (Fsp3) is 0. The molecule has 90 valence electrons. The molecule has 0 atom stereocenters. The smallest absolute Gasteiger partial charge is 0.140 e. The number of hydrogen-bond donors (Lipinski definition) is 0. The molecule has 0 amide bonds. The number of nitriles is 1. The molecule has 0 bridgehead atoms. The van der Waals surface area contributed by atoms with Crippen LogP contribution in [-0.4, -0.2) is 4.98 Å². The molecule has 0 saturated heterocycles. The highest BCUT2D eigenvalue weighted by molar-refractivity contribution is 7.99. The van der Waals surface area contributed by atoms with E-state index in [2.05, 4.69) is 4.98 Å². The van der Waals surface area contributed by atoms with Crippen LogP contribution in [0.15, 0.2) is 40.4 Å². The quantitative estimate of drug-likeness (QED) is 0.834. The Labute approximate surface area is 111 Å². The maximum atomic E-state index is 13.5. The minimum absolute atomic E-state index is 0.161. The zero-order valence-electron chi connectivity index (χ0n) is 8.82. The highest BCUT2D eigenvalue weighted by Gasteiger charge is 2.12. The molecule has 0 radical (unpaired) electrons. The Balaban J connectivity index is 2.38. The number of aromatic nitrogens is 1. The molecule has 1 heterocycles. The average Bonchev–Trinajstić information content (AvgIpc) is 2.35. The summed E-state index contributed by atoms with van der Waals surface area (Å²) in [6.07, 6.45) is 1.41. The summed E-state index contributed by atoms with van der Waals surface area (Å²) in [7, 11) is 0. The number of hydrogen-bond acceptors (Lipinski definition) is 3. The fourth-order valence-electron chi connectivity index (χ4n) is 1.24. The van der Waals surface area contributed by atoms with Crippen molar-refractivity contribution < 1.29 is 8.78 Å². The Hall–Kier alpha value is -1.64. The van der Waals surface area contributed by atoms with Crippen LogP contribution in [0.4, 0.5) is 8.78 Å². The predicted molar refractivity (Wildman–Crippen MR) is 64.4 cm³/mol. The zero-order valence-corrected chi connectivity index (χ0v) is 10.4. The van der Waals surface area contributed by atoms with Gasteiger partial charge in [-0.3, -0.25) is 0 Å². The second kappa shape index (κ2) is 5.34. The van der Waals surface area contributed by atoms with Gasteiger partial charge in [-0.1, -0.05) is 23.4 Å². The van der Waals surface area contributed by atoms with E-state index in [0.29, 0.717) is 5.03 Å². The molecule has 0 aliphatic rings. The first-order chi connectivity index (χ1) is 8.61. The van der Waals surface area contributed by atoms with Crippen LogP contribution in [0.25, 0.3) is 0 Å². The summed E-state index contributed by atoms with van der Waals surface area (Å²) in [5.41, 5.74) is 0.261. The molecule has 0 spiro atoms. The van der Waals surface area contributed by atoms with Crippen molar-refractivity contribution in [3.8, 4) is 6.07 Å². The van der Waals surface area contributed by atoms with Crippen molar-refractivity contribution in [1.29, 1.82) is 5.26 Å². The highest BCUT2D eigenvalue weighted by atomic mass is 35.5. The van der Waals surface area contributed by atoms with Crippen LogP contribution in [0.3, 0.4) is 0 Å². The van der Waals surface area contributed by atoms with Gasteiger partial charge in [-0.2, -0.15) is 5.26 Å². The molecule has 0 saturated carbocycles. The molecule has 0 aliphatic heterocycles. The molecule has 1 aromatic carbocycles. The SMILES string of the molecule is N#Cc1ccnc(Sc2ccc(F)cc2F)c1Cl. The Morgan fingerprint density at radius 2 is 2.06 bits per heavy atom. The van der Waals surface area contributed by atoms with Gasteiger partial charge in [-0.05, 0) is 18.2 Å². The van der Waals surface area contributed by atoms with Gasteiger partial charge in [0, 0.05) is 17.2 Å². The van der Waals surface area contributed by atoms with E-state index in [9.17, 15) is 8.78 Å². The summed E-state index contributed by atoms with van der Waals surface area (Å²) >= 11 is 6.88. The molecular formula is C12H5ClF2N2S. The van der Waals surface area contributed by atoms with Crippen LogP contribution < -0.4 is 0 Å². The molecule has 0 fully saturated rings. The zero-order chi connectivity index (χ0) is 13.1. The molecule has 6 heteroatoms. The van der Waals surface area contributed by atoms with E-state index in [1.165, 1.54) is 18.3 Å². The lowest BCUT2D eigenvalue weighted by molar-refractivity contribution is 0.565. The van der Waals surface area contributed by atoms with Crippen LogP contribution in [0, 0.1) is 23.0 Å². The summed E-state index contributed by atoms with van der Waals surface area (Å²) in [5, 5.41) is 9.27. The largest absolute Gasteiger partial charge is 0.248 e. The number of pyridine rings is 1. The fourth-order valence-corrected chi connectivity index (χ4v) is 2.33. The van der Waals surface area contributed by atoms with Gasteiger partial charge in [0.15, 0.2) is 0 Å². The summed E-state index contributed by atoms with van der Waals surface area (Å²) in [6, 6.07) is 6.60. The van der Waals surface area contributed by atoms with E-state index in [4.69, 9.17) is 16.9 Å². The number of halogens is 3. The van der Waals surface area contributed by atoms with E-state index in [1.807, 2.05) is 6.07 Å². The van der Waals surface area contributed by atoms with Crippen molar-refractivity contribution in [2.45, 2.75) is 9.92 Å². The van der Waals surface area contributed by atoms with Gasteiger partial charge in [-0.25, -0.2) is 13.8 Å². The van der Waals surface area contributed by atoms with Gasteiger partial charge in [-0.15, -0.1) is 0 Å². The van der Waals surface area contributed by atoms with E-state index in [1.54, 1.807) is 0 Å². The molecule has 2 rings (SSSR count). The van der Waals surface area contributed by atoms with Crippen molar-refractivity contribution in [2.75, 3.05) is 0 Å². The Kier molecular flexibility index (Phi) is 3.80. The second-order valence-electron chi connectivity index (χ2n) is 3.27. The van der Waals surface area contributed by atoms with Crippen molar-refractivity contribution in [2.24, 2.45) is 0 Å². The summed E-state index contributed by atoms with van der Waals surface area (Å²) < 4.78 is 26.2. The van der Waals surface area contributed by atoms with Crippen LogP contribution >= 0.6 is 23.4 Å². The second-order valence-corrected chi connectivity index (χ2v) is 4.67. The lowest BCUT2D eigenvalue weighted by atomic mass is 10.3. The number of nitrogens with zero attached hydrogens (tertiary/aromatic N) is 2. The van der Waals surface area contributed by atoms with Gasteiger partial charge < -0.3 is 0 Å². The normalized spacial score (nSPS) is 10.1. The van der Waals surface area contributed by atoms with E-state index < -0.39 is 11.6 Å². The van der Waals surface area contributed by atoms with Gasteiger partial charge in [0.05, 0.1) is 10.6 Å². The topological polar surface area (TPSA) is 36.7 Å². The maximum absolute atomic E-state index is 13.5. The molecule has 0 unspecified atom stereocenters. The van der Waals surface area contributed by atoms with Crippen molar-refractivity contribution in [1.82, 2.24) is 4.98 Å². The van der Waals surface area contributed by atoms with Gasteiger partial charge in [0.1, 0.15) is 22.7 Å². The van der Waals surface area contributed by atoms with E-state index >= 15 is 0 Å². The third-order valence-corrected chi connectivity index (χ3v) is 3.63. The van der Waals surface area contributed by atoms with Crippen LogP contribution in [0.2, 0.25) is 5.02 Å². The van der Waals surface area contributed by atoms with E-state index in [-0.39, 0.29) is 15.5 Å². The first-order valence-corrected chi connectivity index (χ1v) is 5.99. The molecule has 2 nitrogen and oxygen atoms in total. The van der Waals surface area contributed by atoms with Gasteiger partial charge >= 0.3 is 0 Å². The number of benzene rings is 1. The van der Waals surface area contributed by atoms with Crippen LogP contribution in [-0.2, 0) is 0 Å². The minimum Gasteiger partial charge on any atom is -0.248 e. The third kappa shape index (κ3) is 2.61. The first-order valence-electron chi connectivity index (χ1n) is 4.79. The molecule has 18 heavy (non-hydrogen) atoms. The summed E-state index contributed by atoms with van der Waals surface area (Å²) in [6.45, 7) is 0. The van der Waals surface area contributed by atoms with Gasteiger partial charge in [0.25, 0.3) is 0 Å². The van der Waals surface area contributed by atoms with Crippen molar-refractivity contribution in [3.63, 3.8) is 0 Å². The molecular weight excluding hydrogens is 278 g/mol. The lowest BCUT2D eigenvalue weighted by Crippen LogP contribution is -1.88. The van der Waals surface area contributed by atoms with Crippen molar-refractivity contribution in [3.05, 3.63) is 52.7 Å². The van der Waals surface area contributed by atoms with Crippen LogP contribution in [0.5, 0.6) is 0 Å². The standard InChI is InChI=1S/C12H5ClF2N2S/c13-11-7(6-16)3-4-17-12(11)18-10-2-1-8(14)5-9(10)15/h1-5H. The Bertz CT molecular complexity index is 640. The Morgan fingerprint density at radius 3 is 2.72 bits per heavy atom. The van der Waals surface area contributed by atoms with Crippen molar-refractivity contribution >= 4 is 23.4 Å². The lowest BCUT2D eigenvalue weighted by Gasteiger charge is -2.05. The number of rotatable bonds is 2. The minimum atomic E-state index is -0.694. The molecule has 0 N–H and O–H groups in total.